The second kappa shape index (κ2) is 8.57. The molecule has 0 radical (unpaired) electrons. The maximum atomic E-state index is 12.6. The number of para-hydroxylation sites is 2. The number of rotatable bonds is 7. The summed E-state index contributed by atoms with van der Waals surface area (Å²) in [6.45, 7) is 0.165. The Labute approximate surface area is 167 Å². The summed E-state index contributed by atoms with van der Waals surface area (Å²) in [5, 5.41) is 9.82. The van der Waals surface area contributed by atoms with Crippen LogP contribution in [0.3, 0.4) is 0 Å². The van der Waals surface area contributed by atoms with Gasteiger partial charge in [-0.2, -0.15) is 5.10 Å². The van der Waals surface area contributed by atoms with Gasteiger partial charge in [-0.1, -0.05) is 12.1 Å². The van der Waals surface area contributed by atoms with Gasteiger partial charge < -0.3 is 19.5 Å². The molecule has 28 heavy (non-hydrogen) atoms. The van der Waals surface area contributed by atoms with Gasteiger partial charge in [0.15, 0.2) is 22.1 Å². The quantitative estimate of drug-likeness (QED) is 0.593. The average molecular weight is 400 g/mol. The van der Waals surface area contributed by atoms with E-state index < -0.39 is 0 Å². The Morgan fingerprint density at radius 2 is 1.79 bits per heavy atom. The molecule has 1 amide bonds. The molecular weight excluding hydrogens is 380 g/mol. The summed E-state index contributed by atoms with van der Waals surface area (Å²) in [5.41, 5.74) is 1.18. The molecule has 1 heterocycles. The first-order valence-corrected chi connectivity index (χ1v) is 8.79. The van der Waals surface area contributed by atoms with Crippen LogP contribution in [0.25, 0.3) is 5.69 Å². The van der Waals surface area contributed by atoms with Crippen LogP contribution in [0.2, 0.25) is 0 Å². The molecule has 0 aliphatic carbocycles. The molecule has 0 spiro atoms. The van der Waals surface area contributed by atoms with Crippen molar-refractivity contribution in [2.75, 3.05) is 21.3 Å². The van der Waals surface area contributed by atoms with Crippen LogP contribution in [0.5, 0.6) is 17.2 Å². The van der Waals surface area contributed by atoms with Crippen LogP contribution in [0.4, 0.5) is 0 Å². The SMILES string of the molecule is COc1ccc(C(=O)NCc2n[nH]c(=S)n2-c2ccccc2OC)cc1OC. The van der Waals surface area contributed by atoms with E-state index >= 15 is 0 Å². The largest absolute Gasteiger partial charge is 0.495 e. The fraction of sp³-hybridized carbons (Fsp3) is 0.211. The van der Waals surface area contributed by atoms with Crippen molar-refractivity contribution < 1.29 is 19.0 Å². The van der Waals surface area contributed by atoms with E-state index in [0.717, 1.165) is 5.69 Å². The molecule has 1 aromatic heterocycles. The lowest BCUT2D eigenvalue weighted by atomic mass is 10.2. The van der Waals surface area contributed by atoms with Gasteiger partial charge in [-0.25, -0.2) is 0 Å². The third kappa shape index (κ3) is 3.84. The number of aromatic nitrogens is 3. The van der Waals surface area contributed by atoms with Crippen molar-refractivity contribution in [1.82, 2.24) is 20.1 Å². The molecule has 9 heteroatoms. The number of ether oxygens (including phenoxy) is 3. The number of nitrogens with one attached hydrogen (secondary N) is 2. The summed E-state index contributed by atoms with van der Waals surface area (Å²) in [6.07, 6.45) is 0. The summed E-state index contributed by atoms with van der Waals surface area (Å²) >= 11 is 5.34. The molecule has 0 unspecified atom stereocenters. The van der Waals surface area contributed by atoms with Crippen LogP contribution in [-0.2, 0) is 6.54 Å². The maximum absolute atomic E-state index is 12.6. The molecule has 8 nitrogen and oxygen atoms in total. The number of carbonyl (C=O) groups excluding carboxylic acids is 1. The van der Waals surface area contributed by atoms with Crippen molar-refractivity contribution in [3.63, 3.8) is 0 Å². The minimum absolute atomic E-state index is 0.165. The molecule has 0 saturated carbocycles. The van der Waals surface area contributed by atoms with Gasteiger partial charge >= 0.3 is 0 Å². The van der Waals surface area contributed by atoms with Gasteiger partial charge in [-0.05, 0) is 42.5 Å². The fourth-order valence-corrected chi connectivity index (χ4v) is 3.00. The molecule has 0 aliphatic rings. The number of methoxy groups -OCH3 is 3. The molecule has 0 atom stereocenters. The lowest BCUT2D eigenvalue weighted by molar-refractivity contribution is 0.0949. The van der Waals surface area contributed by atoms with Gasteiger partial charge in [-0.3, -0.25) is 14.5 Å². The standard InChI is InChI=1S/C19H20N4O4S/c1-25-14-7-5-4-6-13(14)23-17(21-22-19(23)28)11-20-18(24)12-8-9-15(26-2)16(10-12)27-3/h4-10H,11H2,1-3H3,(H,20,24)(H,22,28). The summed E-state index contributed by atoms with van der Waals surface area (Å²) in [6, 6.07) is 12.4. The zero-order valence-corrected chi connectivity index (χ0v) is 16.5. The summed E-state index contributed by atoms with van der Waals surface area (Å²) in [5.74, 6) is 1.94. The van der Waals surface area contributed by atoms with Crippen LogP contribution < -0.4 is 19.5 Å². The van der Waals surface area contributed by atoms with Gasteiger partial charge in [0.2, 0.25) is 0 Å². The van der Waals surface area contributed by atoms with Crippen molar-refractivity contribution in [1.29, 1.82) is 0 Å². The minimum atomic E-state index is -0.276. The van der Waals surface area contributed by atoms with Gasteiger partial charge in [0.05, 0.1) is 33.6 Å². The van der Waals surface area contributed by atoms with Crippen LogP contribution in [-0.4, -0.2) is 42.0 Å². The topological polar surface area (TPSA) is 90.4 Å². The number of nitrogens with zero attached hydrogens (tertiary/aromatic N) is 2. The zero-order chi connectivity index (χ0) is 20.1. The number of hydrogen-bond acceptors (Lipinski definition) is 6. The van der Waals surface area contributed by atoms with Gasteiger partial charge in [0, 0.05) is 5.56 Å². The van der Waals surface area contributed by atoms with Crippen LogP contribution >= 0.6 is 12.2 Å². The molecule has 2 N–H and O–H groups in total. The first-order chi connectivity index (χ1) is 13.6. The first-order valence-electron chi connectivity index (χ1n) is 8.39. The maximum Gasteiger partial charge on any atom is 0.251 e. The van der Waals surface area contributed by atoms with Crippen LogP contribution in [0.1, 0.15) is 16.2 Å². The summed E-state index contributed by atoms with van der Waals surface area (Å²) < 4.78 is 18.0. The highest BCUT2D eigenvalue weighted by Crippen LogP contribution is 2.27. The van der Waals surface area contributed by atoms with E-state index in [1.54, 1.807) is 29.9 Å². The van der Waals surface area contributed by atoms with Crippen molar-refractivity contribution >= 4 is 18.1 Å². The first kappa shape index (κ1) is 19.4. The second-order valence-electron chi connectivity index (χ2n) is 5.70. The van der Waals surface area contributed by atoms with Gasteiger partial charge in [0.25, 0.3) is 5.91 Å². The number of hydrogen-bond donors (Lipinski definition) is 2. The van der Waals surface area contributed by atoms with Crippen LogP contribution in [0, 0.1) is 4.77 Å². The predicted octanol–water partition coefficient (Wildman–Crippen LogP) is 2.89. The van der Waals surface area contributed by atoms with Gasteiger partial charge in [0.1, 0.15) is 5.75 Å². The predicted molar refractivity (Wildman–Crippen MR) is 106 cm³/mol. The van der Waals surface area contributed by atoms with E-state index in [1.165, 1.54) is 14.2 Å². The number of amides is 1. The highest BCUT2D eigenvalue weighted by Gasteiger charge is 2.15. The smallest absolute Gasteiger partial charge is 0.251 e. The summed E-state index contributed by atoms with van der Waals surface area (Å²) in [4.78, 5) is 12.6. The fourth-order valence-electron chi connectivity index (χ4n) is 2.75. The Morgan fingerprint density at radius 1 is 1.07 bits per heavy atom. The third-order valence-electron chi connectivity index (χ3n) is 4.12. The Hall–Kier alpha value is -3.33. The van der Waals surface area contributed by atoms with Crippen LogP contribution in [0.15, 0.2) is 42.5 Å². The van der Waals surface area contributed by atoms with E-state index in [2.05, 4.69) is 15.5 Å². The van der Waals surface area contributed by atoms with Crippen molar-refractivity contribution in [2.45, 2.75) is 6.54 Å². The van der Waals surface area contributed by atoms with Crippen molar-refractivity contribution in [3.8, 4) is 22.9 Å². The van der Waals surface area contributed by atoms with Crippen molar-refractivity contribution in [2.24, 2.45) is 0 Å². The molecule has 0 aliphatic heterocycles. The number of benzene rings is 2. The molecule has 0 fully saturated rings. The lowest BCUT2D eigenvalue weighted by Gasteiger charge is -2.12. The molecule has 3 aromatic rings. The van der Waals surface area contributed by atoms with E-state index in [0.29, 0.717) is 33.4 Å². The normalized spacial score (nSPS) is 10.4. The Kier molecular flexibility index (Phi) is 5.95. The molecule has 146 valence electrons. The van der Waals surface area contributed by atoms with E-state index in [1.807, 2.05) is 24.3 Å². The molecule has 0 saturated heterocycles. The second-order valence-corrected chi connectivity index (χ2v) is 6.09. The summed E-state index contributed by atoms with van der Waals surface area (Å²) in [7, 11) is 4.64. The minimum Gasteiger partial charge on any atom is -0.495 e. The molecule has 3 rings (SSSR count). The van der Waals surface area contributed by atoms with E-state index in [9.17, 15) is 4.79 Å². The highest BCUT2D eigenvalue weighted by molar-refractivity contribution is 7.71. The number of carbonyl (C=O) groups is 1. The molecular formula is C19H20N4O4S. The Balaban J connectivity index is 1.83. The number of H-pyrrole nitrogens is 1. The van der Waals surface area contributed by atoms with E-state index in [4.69, 9.17) is 26.4 Å². The molecule has 2 aromatic carbocycles. The molecule has 0 bridgehead atoms. The Morgan fingerprint density at radius 3 is 2.50 bits per heavy atom. The zero-order valence-electron chi connectivity index (χ0n) is 15.7. The van der Waals surface area contributed by atoms with E-state index in [-0.39, 0.29) is 12.5 Å². The Bertz CT molecular complexity index is 1040. The average Bonchev–Trinajstić information content (AvgIpc) is 3.11. The van der Waals surface area contributed by atoms with Crippen molar-refractivity contribution in [3.05, 3.63) is 58.6 Å². The number of aromatic amines is 1. The lowest BCUT2D eigenvalue weighted by Crippen LogP contribution is -2.24. The highest BCUT2D eigenvalue weighted by atomic mass is 32.1. The third-order valence-corrected chi connectivity index (χ3v) is 4.39. The monoisotopic (exact) mass is 400 g/mol. The van der Waals surface area contributed by atoms with Gasteiger partial charge in [-0.15, -0.1) is 0 Å².